The van der Waals surface area contributed by atoms with Crippen LogP contribution < -0.4 is 4.72 Å². The first-order valence-corrected chi connectivity index (χ1v) is 8.01. The van der Waals surface area contributed by atoms with Gasteiger partial charge >= 0.3 is 5.97 Å². The largest absolute Gasteiger partial charge is 0.480 e. The zero-order valence-electron chi connectivity index (χ0n) is 11.6. The lowest BCUT2D eigenvalue weighted by molar-refractivity contribution is -0.139. The lowest BCUT2D eigenvalue weighted by Crippen LogP contribution is -2.41. The van der Waals surface area contributed by atoms with Gasteiger partial charge in [-0.1, -0.05) is 37.6 Å². The van der Waals surface area contributed by atoms with Crippen LogP contribution in [0.25, 0.3) is 0 Å². The molecule has 1 aromatic carbocycles. The summed E-state index contributed by atoms with van der Waals surface area (Å²) in [7, 11) is -3.97. The molecule has 0 aromatic heterocycles. The van der Waals surface area contributed by atoms with Gasteiger partial charge in [-0.15, -0.1) is 0 Å². The van der Waals surface area contributed by atoms with Gasteiger partial charge in [0.2, 0.25) is 10.0 Å². The van der Waals surface area contributed by atoms with Crippen LogP contribution in [-0.2, 0) is 14.8 Å². The molecule has 1 rings (SSSR count). The average Bonchev–Trinajstić information content (AvgIpc) is 2.30. The number of rotatable bonds is 6. The highest BCUT2D eigenvalue weighted by atomic mass is 35.5. The van der Waals surface area contributed by atoms with E-state index in [1.165, 1.54) is 6.07 Å². The van der Waals surface area contributed by atoms with Crippen LogP contribution in [0.2, 0.25) is 5.02 Å². The Labute approximate surface area is 124 Å². The molecule has 1 aromatic rings. The minimum atomic E-state index is -3.97. The smallest absolute Gasteiger partial charge is 0.321 e. The van der Waals surface area contributed by atoms with Crippen molar-refractivity contribution in [3.63, 3.8) is 0 Å². The second-order valence-electron chi connectivity index (χ2n) is 5.03. The van der Waals surface area contributed by atoms with E-state index in [2.05, 4.69) is 4.72 Å². The minimum absolute atomic E-state index is 0.0479. The van der Waals surface area contributed by atoms with E-state index in [-0.39, 0.29) is 22.3 Å². The monoisotopic (exact) mass is 319 g/mol. The molecule has 0 saturated carbocycles. The van der Waals surface area contributed by atoms with Gasteiger partial charge in [-0.05, 0) is 30.9 Å². The average molecular weight is 320 g/mol. The lowest BCUT2D eigenvalue weighted by atomic mass is 10.1. The van der Waals surface area contributed by atoms with Gasteiger partial charge in [0.25, 0.3) is 0 Å². The van der Waals surface area contributed by atoms with Gasteiger partial charge in [0.1, 0.15) is 10.9 Å². The number of carbonyl (C=O) groups is 1. The molecule has 0 aliphatic heterocycles. The highest BCUT2D eigenvalue weighted by molar-refractivity contribution is 7.89. The molecule has 20 heavy (non-hydrogen) atoms. The molecule has 0 aliphatic rings. The Morgan fingerprint density at radius 2 is 2.00 bits per heavy atom. The molecule has 0 bridgehead atoms. The maximum Gasteiger partial charge on any atom is 0.321 e. The summed E-state index contributed by atoms with van der Waals surface area (Å²) in [5.74, 6) is -1.15. The van der Waals surface area contributed by atoms with E-state index < -0.39 is 22.0 Å². The highest BCUT2D eigenvalue weighted by Crippen LogP contribution is 2.25. The normalized spacial score (nSPS) is 13.4. The summed E-state index contributed by atoms with van der Waals surface area (Å²) in [6.45, 7) is 5.33. The number of aryl methyl sites for hydroxylation is 1. The van der Waals surface area contributed by atoms with Gasteiger partial charge in [-0.2, -0.15) is 4.72 Å². The van der Waals surface area contributed by atoms with Crippen LogP contribution >= 0.6 is 11.6 Å². The minimum Gasteiger partial charge on any atom is -0.480 e. The summed E-state index contributed by atoms with van der Waals surface area (Å²) in [6.07, 6.45) is 0.206. The van der Waals surface area contributed by atoms with Crippen LogP contribution in [0.4, 0.5) is 0 Å². The van der Waals surface area contributed by atoms with Crippen LogP contribution in [0.1, 0.15) is 25.8 Å². The van der Waals surface area contributed by atoms with E-state index in [0.717, 1.165) is 0 Å². The van der Waals surface area contributed by atoms with Crippen molar-refractivity contribution in [2.24, 2.45) is 5.92 Å². The van der Waals surface area contributed by atoms with Crippen molar-refractivity contribution in [3.05, 3.63) is 28.8 Å². The number of hydrogen-bond donors (Lipinski definition) is 2. The third-order valence-electron chi connectivity index (χ3n) is 2.75. The number of carboxylic acids is 1. The summed E-state index contributed by atoms with van der Waals surface area (Å²) in [5.41, 5.74) is 0.616. The molecule has 0 fully saturated rings. The Hall–Kier alpha value is -1.11. The maximum atomic E-state index is 12.2. The molecule has 7 heteroatoms. The fourth-order valence-electron chi connectivity index (χ4n) is 1.75. The molecule has 0 radical (unpaired) electrons. The standard InChI is InChI=1S/C13H18ClNO4S/c1-8(2)7-10(13(16)17)15-20(18,19)11-6-4-5-9(3)12(11)14/h4-6,8,10,15H,7H2,1-3H3,(H,16,17). The SMILES string of the molecule is Cc1cccc(S(=O)(=O)NC(CC(C)C)C(=O)O)c1Cl. The summed E-state index contributed by atoms with van der Waals surface area (Å²) in [5, 5.41) is 9.20. The van der Waals surface area contributed by atoms with Gasteiger partial charge in [0.05, 0.1) is 5.02 Å². The van der Waals surface area contributed by atoms with E-state index >= 15 is 0 Å². The molecule has 112 valence electrons. The van der Waals surface area contributed by atoms with E-state index in [1.807, 2.05) is 13.8 Å². The van der Waals surface area contributed by atoms with Gasteiger partial charge in [-0.25, -0.2) is 8.42 Å². The summed E-state index contributed by atoms with van der Waals surface area (Å²) in [6, 6.07) is 3.43. The Morgan fingerprint density at radius 3 is 2.50 bits per heavy atom. The third kappa shape index (κ3) is 4.19. The number of sulfonamides is 1. The van der Waals surface area contributed by atoms with Crippen molar-refractivity contribution in [3.8, 4) is 0 Å². The second-order valence-corrected chi connectivity index (χ2v) is 7.09. The van der Waals surface area contributed by atoms with E-state index in [9.17, 15) is 13.2 Å². The fraction of sp³-hybridized carbons (Fsp3) is 0.462. The van der Waals surface area contributed by atoms with Crippen LogP contribution in [-0.4, -0.2) is 25.5 Å². The van der Waals surface area contributed by atoms with Crippen LogP contribution in [0.5, 0.6) is 0 Å². The van der Waals surface area contributed by atoms with E-state index in [1.54, 1.807) is 19.1 Å². The molecular formula is C13H18ClNO4S. The molecule has 0 amide bonds. The topological polar surface area (TPSA) is 83.5 Å². The zero-order valence-corrected chi connectivity index (χ0v) is 13.1. The summed E-state index contributed by atoms with van der Waals surface area (Å²) < 4.78 is 26.7. The van der Waals surface area contributed by atoms with Crippen molar-refractivity contribution in [1.29, 1.82) is 0 Å². The van der Waals surface area contributed by atoms with Crippen molar-refractivity contribution < 1.29 is 18.3 Å². The molecule has 5 nitrogen and oxygen atoms in total. The Balaban J connectivity index is 3.10. The number of halogens is 1. The van der Waals surface area contributed by atoms with Crippen LogP contribution in [0.3, 0.4) is 0 Å². The second kappa shape index (κ2) is 6.56. The van der Waals surface area contributed by atoms with Gasteiger partial charge in [-0.3, -0.25) is 4.79 Å². The van der Waals surface area contributed by atoms with E-state index in [0.29, 0.717) is 5.56 Å². The molecule has 0 saturated heterocycles. The number of nitrogens with one attached hydrogen (secondary N) is 1. The lowest BCUT2D eigenvalue weighted by Gasteiger charge is -2.17. The quantitative estimate of drug-likeness (QED) is 0.843. The molecule has 0 heterocycles. The van der Waals surface area contributed by atoms with Crippen molar-refractivity contribution >= 4 is 27.6 Å². The first kappa shape index (κ1) is 16.9. The summed E-state index contributed by atoms with van der Waals surface area (Å²) >= 11 is 5.98. The van der Waals surface area contributed by atoms with Gasteiger partial charge in [0, 0.05) is 0 Å². The molecular weight excluding hydrogens is 302 g/mol. The predicted molar refractivity (Wildman–Crippen MR) is 77.4 cm³/mol. The number of hydrogen-bond acceptors (Lipinski definition) is 3. The zero-order chi connectivity index (χ0) is 15.5. The Kier molecular flexibility index (Phi) is 5.56. The molecule has 1 unspecified atom stereocenters. The van der Waals surface area contributed by atoms with Crippen LogP contribution in [0, 0.1) is 12.8 Å². The third-order valence-corrected chi connectivity index (χ3v) is 4.88. The van der Waals surface area contributed by atoms with Crippen LogP contribution in [0.15, 0.2) is 23.1 Å². The van der Waals surface area contributed by atoms with Crippen molar-refractivity contribution in [2.45, 2.75) is 38.1 Å². The first-order valence-electron chi connectivity index (χ1n) is 6.15. The van der Waals surface area contributed by atoms with Crippen molar-refractivity contribution in [2.75, 3.05) is 0 Å². The molecule has 2 N–H and O–H groups in total. The Bertz CT molecular complexity index is 598. The number of benzene rings is 1. The molecule has 1 atom stereocenters. The first-order chi connectivity index (χ1) is 9.15. The molecule has 0 aliphatic carbocycles. The van der Waals surface area contributed by atoms with Gasteiger partial charge in [0.15, 0.2) is 0 Å². The molecule has 0 spiro atoms. The number of carboxylic acid groups (broad SMARTS) is 1. The Morgan fingerprint density at radius 1 is 1.40 bits per heavy atom. The highest BCUT2D eigenvalue weighted by Gasteiger charge is 2.27. The van der Waals surface area contributed by atoms with E-state index in [4.69, 9.17) is 16.7 Å². The van der Waals surface area contributed by atoms with Gasteiger partial charge < -0.3 is 5.11 Å². The predicted octanol–water partition coefficient (Wildman–Crippen LogP) is 2.43. The fourth-order valence-corrected chi connectivity index (χ4v) is 3.53. The van der Waals surface area contributed by atoms with Crippen molar-refractivity contribution in [1.82, 2.24) is 4.72 Å². The summed E-state index contributed by atoms with van der Waals surface area (Å²) in [4.78, 5) is 11.0. The number of aliphatic carboxylic acids is 1. The maximum absolute atomic E-state index is 12.2.